The lowest BCUT2D eigenvalue weighted by Crippen LogP contribution is -2.13. The van der Waals surface area contributed by atoms with Crippen LogP contribution in [0.1, 0.15) is 35.3 Å². The van der Waals surface area contributed by atoms with Crippen LogP contribution in [0.15, 0.2) is 52.9 Å². The topological polar surface area (TPSA) is 54.9 Å². The number of benzene rings is 2. The molecule has 1 aromatic heterocycles. The summed E-state index contributed by atoms with van der Waals surface area (Å²) in [5.41, 5.74) is 4.14. The van der Waals surface area contributed by atoms with Gasteiger partial charge in [0.05, 0.1) is 5.25 Å². The van der Waals surface area contributed by atoms with Gasteiger partial charge in [-0.25, -0.2) is 0 Å². The molecule has 4 nitrogen and oxygen atoms in total. The molecule has 1 atom stereocenters. The minimum absolute atomic E-state index is 0.112. The Morgan fingerprint density at radius 3 is 2.58 bits per heavy atom. The zero-order valence-corrected chi connectivity index (χ0v) is 16.7. The quantitative estimate of drug-likeness (QED) is 0.430. The molecule has 2 aromatic carbocycles. The van der Waals surface area contributed by atoms with Crippen molar-refractivity contribution in [1.82, 2.24) is 10.2 Å². The first-order valence-corrected chi connectivity index (χ1v) is 10.2. The number of aromatic nitrogens is 2. The number of carbonyl (C=O) groups excluding carboxylic acids is 1. The van der Waals surface area contributed by atoms with Gasteiger partial charge >= 0.3 is 0 Å². The fourth-order valence-corrected chi connectivity index (χ4v) is 4.47. The third-order valence-corrected chi connectivity index (χ3v) is 6.11. The summed E-state index contributed by atoms with van der Waals surface area (Å²) in [6.07, 6.45) is 0.972. The van der Waals surface area contributed by atoms with E-state index < -0.39 is 0 Å². The number of rotatable bonds is 7. The molecule has 0 saturated heterocycles. The molecule has 6 heteroatoms. The molecule has 0 fully saturated rings. The van der Waals surface area contributed by atoms with Crippen molar-refractivity contribution in [2.45, 2.75) is 36.8 Å². The molecule has 3 rings (SSSR count). The van der Waals surface area contributed by atoms with Crippen LogP contribution < -0.4 is 5.32 Å². The smallest absolute Gasteiger partial charge is 0.210 e. The number of nitrogens with one attached hydrogen (secondary N) is 1. The van der Waals surface area contributed by atoms with E-state index in [-0.39, 0.29) is 11.0 Å². The summed E-state index contributed by atoms with van der Waals surface area (Å²) < 4.78 is 0.784. The molecule has 0 bridgehead atoms. The van der Waals surface area contributed by atoms with Gasteiger partial charge in [-0.15, -0.1) is 10.2 Å². The van der Waals surface area contributed by atoms with Crippen molar-refractivity contribution in [1.29, 1.82) is 0 Å². The molecule has 0 radical (unpaired) electrons. The molecule has 26 heavy (non-hydrogen) atoms. The van der Waals surface area contributed by atoms with E-state index in [2.05, 4.69) is 22.4 Å². The van der Waals surface area contributed by atoms with Crippen LogP contribution in [-0.4, -0.2) is 21.2 Å². The fourth-order valence-electron chi connectivity index (χ4n) is 2.48. The monoisotopic (exact) mass is 383 g/mol. The van der Waals surface area contributed by atoms with Crippen molar-refractivity contribution in [2.75, 3.05) is 5.32 Å². The summed E-state index contributed by atoms with van der Waals surface area (Å²) in [7, 11) is 0. The van der Waals surface area contributed by atoms with Gasteiger partial charge in [-0.2, -0.15) is 0 Å². The maximum Gasteiger partial charge on any atom is 0.210 e. The molecular formula is C20H21N3OS2. The van der Waals surface area contributed by atoms with Crippen LogP contribution in [0.4, 0.5) is 10.8 Å². The Balaban J connectivity index is 1.64. The number of para-hydroxylation sites is 1. The standard InChI is InChI=1S/C20H21N3OS2/c1-4-15-9-11-16(12-10-15)18(24)14(3)25-20-23-22-19(26-20)21-17-8-6-5-7-13(17)2/h5-12,14H,4H2,1-3H3,(H,21,22). The lowest BCUT2D eigenvalue weighted by Gasteiger charge is -2.08. The normalized spacial score (nSPS) is 12.0. The van der Waals surface area contributed by atoms with Crippen molar-refractivity contribution < 1.29 is 4.79 Å². The first-order chi connectivity index (χ1) is 12.6. The molecule has 0 aliphatic heterocycles. The number of aryl methyl sites for hydroxylation is 2. The highest BCUT2D eigenvalue weighted by Gasteiger charge is 2.19. The second-order valence-electron chi connectivity index (χ2n) is 5.99. The van der Waals surface area contributed by atoms with Crippen LogP contribution >= 0.6 is 23.1 Å². The van der Waals surface area contributed by atoms with Gasteiger partial charge in [0.1, 0.15) is 0 Å². The van der Waals surface area contributed by atoms with Crippen LogP contribution in [0, 0.1) is 6.92 Å². The maximum atomic E-state index is 12.6. The molecule has 1 heterocycles. The van der Waals surface area contributed by atoms with E-state index in [1.54, 1.807) is 0 Å². The Bertz CT molecular complexity index is 890. The molecule has 1 unspecified atom stereocenters. The summed E-state index contributed by atoms with van der Waals surface area (Å²) in [6, 6.07) is 15.9. The van der Waals surface area contributed by atoms with E-state index in [4.69, 9.17) is 0 Å². The Hall–Kier alpha value is -2.18. The van der Waals surface area contributed by atoms with Crippen molar-refractivity contribution >= 4 is 39.7 Å². The van der Waals surface area contributed by atoms with Crippen LogP contribution in [0.3, 0.4) is 0 Å². The third-order valence-electron chi connectivity index (χ3n) is 4.09. The zero-order chi connectivity index (χ0) is 18.5. The first-order valence-electron chi connectivity index (χ1n) is 8.52. The molecule has 0 amide bonds. The Kier molecular flexibility index (Phi) is 6.06. The van der Waals surface area contributed by atoms with Crippen LogP contribution in [0.2, 0.25) is 0 Å². The lowest BCUT2D eigenvalue weighted by atomic mass is 10.1. The highest BCUT2D eigenvalue weighted by molar-refractivity contribution is 8.02. The Labute approximate surface area is 162 Å². The van der Waals surface area contributed by atoms with Gasteiger partial charge in [0.15, 0.2) is 10.1 Å². The highest BCUT2D eigenvalue weighted by atomic mass is 32.2. The molecule has 0 saturated carbocycles. The molecule has 0 spiro atoms. The van der Waals surface area contributed by atoms with E-state index in [1.165, 1.54) is 28.7 Å². The van der Waals surface area contributed by atoms with Gasteiger partial charge in [0, 0.05) is 11.3 Å². The van der Waals surface area contributed by atoms with E-state index in [0.717, 1.165) is 32.7 Å². The van der Waals surface area contributed by atoms with E-state index >= 15 is 0 Å². The van der Waals surface area contributed by atoms with Gasteiger partial charge in [-0.1, -0.05) is 72.5 Å². The zero-order valence-electron chi connectivity index (χ0n) is 15.0. The summed E-state index contributed by atoms with van der Waals surface area (Å²) in [5.74, 6) is 0.112. The summed E-state index contributed by atoms with van der Waals surface area (Å²) in [6.45, 7) is 6.06. The summed E-state index contributed by atoms with van der Waals surface area (Å²) >= 11 is 2.91. The number of thioether (sulfide) groups is 1. The van der Waals surface area contributed by atoms with Crippen LogP contribution in [0.25, 0.3) is 0 Å². The molecule has 134 valence electrons. The van der Waals surface area contributed by atoms with Gasteiger partial charge < -0.3 is 5.32 Å². The predicted octanol–water partition coefficient (Wildman–Crippen LogP) is 5.52. The molecular weight excluding hydrogens is 362 g/mol. The third kappa shape index (κ3) is 4.51. The minimum Gasteiger partial charge on any atom is -0.330 e. The average molecular weight is 384 g/mol. The summed E-state index contributed by atoms with van der Waals surface area (Å²) in [4.78, 5) is 12.6. The van der Waals surface area contributed by atoms with Crippen molar-refractivity contribution in [3.8, 4) is 0 Å². The van der Waals surface area contributed by atoms with E-state index in [9.17, 15) is 4.79 Å². The Morgan fingerprint density at radius 2 is 1.88 bits per heavy atom. The number of carbonyl (C=O) groups is 1. The number of nitrogens with zero attached hydrogens (tertiary/aromatic N) is 2. The minimum atomic E-state index is -0.207. The second kappa shape index (κ2) is 8.47. The van der Waals surface area contributed by atoms with Gasteiger partial charge in [-0.05, 0) is 37.5 Å². The predicted molar refractivity (Wildman–Crippen MR) is 110 cm³/mol. The Morgan fingerprint density at radius 1 is 1.15 bits per heavy atom. The van der Waals surface area contributed by atoms with Crippen LogP contribution in [0.5, 0.6) is 0 Å². The van der Waals surface area contributed by atoms with Crippen molar-refractivity contribution in [3.63, 3.8) is 0 Å². The van der Waals surface area contributed by atoms with Gasteiger partial charge in [0.2, 0.25) is 5.13 Å². The largest absolute Gasteiger partial charge is 0.330 e. The SMILES string of the molecule is CCc1ccc(C(=O)C(C)Sc2nnc(Nc3ccccc3C)s2)cc1. The average Bonchev–Trinajstić information content (AvgIpc) is 3.10. The molecule has 0 aliphatic rings. The van der Waals surface area contributed by atoms with Gasteiger partial charge in [0.25, 0.3) is 0 Å². The van der Waals surface area contributed by atoms with E-state index in [1.807, 2.05) is 62.4 Å². The number of hydrogen-bond acceptors (Lipinski definition) is 6. The lowest BCUT2D eigenvalue weighted by molar-refractivity contribution is 0.0994. The molecule has 1 N–H and O–H groups in total. The van der Waals surface area contributed by atoms with E-state index in [0.29, 0.717) is 0 Å². The maximum absolute atomic E-state index is 12.6. The van der Waals surface area contributed by atoms with Crippen molar-refractivity contribution in [2.24, 2.45) is 0 Å². The number of hydrogen-bond donors (Lipinski definition) is 1. The molecule has 0 aliphatic carbocycles. The van der Waals surface area contributed by atoms with Crippen molar-refractivity contribution in [3.05, 3.63) is 65.2 Å². The number of anilines is 2. The summed E-state index contributed by atoms with van der Waals surface area (Å²) in [5, 5.41) is 12.2. The van der Waals surface area contributed by atoms with Crippen LogP contribution in [-0.2, 0) is 6.42 Å². The van der Waals surface area contributed by atoms with Gasteiger partial charge in [-0.3, -0.25) is 4.79 Å². The fraction of sp³-hybridized carbons (Fsp3) is 0.250. The molecule has 3 aromatic rings. The number of ketones is 1. The number of Topliss-reactive ketones (excluding diaryl/α,β-unsaturated/α-hetero) is 1. The highest BCUT2D eigenvalue weighted by Crippen LogP contribution is 2.32. The first kappa shape index (κ1) is 18.6. The second-order valence-corrected chi connectivity index (χ2v) is 8.55.